The Hall–Kier alpha value is -7.93. The lowest BCUT2D eigenvalue weighted by Gasteiger charge is -2.14. The van der Waals surface area contributed by atoms with Crippen molar-refractivity contribution in [3.8, 4) is 51.0 Å². The summed E-state index contributed by atoms with van der Waals surface area (Å²) in [6, 6.07) is 68.4. The number of para-hydroxylation sites is 2. The third-order valence-electron chi connectivity index (χ3n) is 12.1. The minimum atomic E-state index is 0.600. The highest BCUT2D eigenvalue weighted by molar-refractivity contribution is 7.26. The van der Waals surface area contributed by atoms with Gasteiger partial charge in [-0.2, -0.15) is 0 Å². The smallest absolute Gasteiger partial charge is 0.164 e. The second-order valence-corrected chi connectivity index (χ2v) is 16.6. The van der Waals surface area contributed by atoms with E-state index in [1.165, 1.54) is 36.5 Å². The molecule has 5 nitrogen and oxygen atoms in total. The van der Waals surface area contributed by atoms with Crippen molar-refractivity contribution >= 4 is 86.0 Å². The largest absolute Gasteiger partial charge is 0.455 e. The molecule has 0 radical (unpaired) electrons. The van der Waals surface area contributed by atoms with E-state index in [2.05, 4.69) is 168 Å². The Kier molecular flexibility index (Phi) is 7.41. The zero-order valence-corrected chi connectivity index (χ0v) is 33.4. The van der Waals surface area contributed by atoms with Crippen molar-refractivity contribution in [1.29, 1.82) is 0 Å². The molecule has 9 aromatic carbocycles. The van der Waals surface area contributed by atoms with Gasteiger partial charge in [0.05, 0.1) is 21.4 Å². The standard InChI is InChI=1S/C55H32N4OS/c1-3-13-33(14-4-1)34-23-25-36(26-24-34)54-56-53(35-15-5-2-6-16-35)57-55(58-54)37-27-28-42-44(31-37)47(32-45-39-18-8-11-21-48(39)60-51(42)45)59-46-20-10-7-17-38(46)41-29-30-43-40-19-9-12-22-49(40)61-52(43)50(41)59/h1-32H. The Morgan fingerprint density at radius 1 is 0.377 bits per heavy atom. The Labute approximate surface area is 353 Å². The summed E-state index contributed by atoms with van der Waals surface area (Å²) in [6.07, 6.45) is 0. The van der Waals surface area contributed by atoms with Crippen LogP contribution in [0.5, 0.6) is 0 Å². The maximum atomic E-state index is 6.72. The molecule has 0 unspecified atom stereocenters. The molecule has 0 aliphatic carbocycles. The summed E-state index contributed by atoms with van der Waals surface area (Å²) in [4.78, 5) is 15.5. The number of benzene rings is 9. The van der Waals surface area contributed by atoms with Crippen molar-refractivity contribution in [2.45, 2.75) is 0 Å². The van der Waals surface area contributed by atoms with Crippen molar-refractivity contribution in [3.05, 3.63) is 194 Å². The molecule has 0 bridgehead atoms. The lowest BCUT2D eigenvalue weighted by atomic mass is 10.0. The molecule has 4 aromatic heterocycles. The molecule has 0 amide bonds. The van der Waals surface area contributed by atoms with Crippen LogP contribution in [-0.2, 0) is 0 Å². The molecular weight excluding hydrogens is 765 g/mol. The second kappa shape index (κ2) is 13.3. The highest BCUT2D eigenvalue weighted by Crippen LogP contribution is 2.46. The Morgan fingerprint density at radius 3 is 1.72 bits per heavy atom. The monoisotopic (exact) mass is 796 g/mol. The van der Waals surface area contributed by atoms with Crippen LogP contribution in [-0.4, -0.2) is 19.5 Å². The number of rotatable bonds is 5. The summed E-state index contributed by atoms with van der Waals surface area (Å²) < 4.78 is 11.7. The number of thiophene rings is 1. The molecule has 61 heavy (non-hydrogen) atoms. The van der Waals surface area contributed by atoms with Gasteiger partial charge in [0, 0.05) is 64.5 Å². The first-order valence-corrected chi connectivity index (χ1v) is 21.2. The van der Waals surface area contributed by atoms with Gasteiger partial charge in [0.2, 0.25) is 0 Å². The lowest BCUT2D eigenvalue weighted by molar-refractivity contribution is 0.672. The maximum Gasteiger partial charge on any atom is 0.164 e. The van der Waals surface area contributed by atoms with Gasteiger partial charge >= 0.3 is 0 Å². The van der Waals surface area contributed by atoms with E-state index in [1.807, 2.05) is 41.7 Å². The van der Waals surface area contributed by atoms with Crippen LogP contribution in [0.25, 0.3) is 126 Å². The topological polar surface area (TPSA) is 56.7 Å². The fourth-order valence-electron chi connectivity index (χ4n) is 9.18. The average molecular weight is 797 g/mol. The minimum absolute atomic E-state index is 0.600. The van der Waals surface area contributed by atoms with E-state index >= 15 is 0 Å². The molecule has 0 saturated carbocycles. The van der Waals surface area contributed by atoms with Gasteiger partial charge in [-0.1, -0.05) is 158 Å². The molecule has 0 atom stereocenters. The van der Waals surface area contributed by atoms with E-state index in [-0.39, 0.29) is 0 Å². The Balaban J connectivity index is 1.10. The summed E-state index contributed by atoms with van der Waals surface area (Å²) in [5.41, 5.74) is 10.2. The SMILES string of the molecule is c1ccc(-c2ccc(-c3nc(-c4ccccc4)nc(-c4ccc5c(c4)c(-n4c6ccccc6c6ccc7c8ccccc8sc7c64)cc4c6ccccc6oc54)n3)cc2)cc1. The van der Waals surface area contributed by atoms with E-state index in [0.29, 0.717) is 17.5 Å². The number of furan rings is 1. The maximum absolute atomic E-state index is 6.72. The first kappa shape index (κ1) is 34.0. The number of hydrogen-bond donors (Lipinski definition) is 0. The summed E-state index contributed by atoms with van der Waals surface area (Å²) in [5.74, 6) is 1.84. The van der Waals surface area contributed by atoms with Crippen molar-refractivity contribution in [2.75, 3.05) is 0 Å². The molecular formula is C55H32N4OS. The van der Waals surface area contributed by atoms with Crippen LogP contribution < -0.4 is 0 Å². The first-order valence-electron chi connectivity index (χ1n) is 20.4. The van der Waals surface area contributed by atoms with Gasteiger partial charge in [-0.3, -0.25) is 0 Å². The molecule has 13 aromatic rings. The lowest BCUT2D eigenvalue weighted by Crippen LogP contribution is -2.01. The Morgan fingerprint density at radius 2 is 0.934 bits per heavy atom. The predicted octanol–water partition coefficient (Wildman–Crippen LogP) is 15.1. The van der Waals surface area contributed by atoms with Gasteiger partial charge in [-0.25, -0.2) is 15.0 Å². The van der Waals surface area contributed by atoms with E-state index < -0.39 is 0 Å². The molecule has 284 valence electrons. The third kappa shape index (κ3) is 5.29. The first-order chi connectivity index (χ1) is 30.2. The van der Waals surface area contributed by atoms with Crippen LogP contribution in [0.4, 0.5) is 0 Å². The van der Waals surface area contributed by atoms with E-state index in [0.717, 1.165) is 71.7 Å². The van der Waals surface area contributed by atoms with Gasteiger partial charge in [-0.05, 0) is 47.5 Å². The number of nitrogens with zero attached hydrogens (tertiary/aromatic N) is 4. The highest BCUT2D eigenvalue weighted by Gasteiger charge is 2.23. The zero-order valence-electron chi connectivity index (χ0n) is 32.6. The summed E-state index contributed by atoms with van der Waals surface area (Å²) in [6.45, 7) is 0. The van der Waals surface area contributed by atoms with E-state index in [4.69, 9.17) is 19.4 Å². The summed E-state index contributed by atoms with van der Waals surface area (Å²) >= 11 is 1.86. The quantitative estimate of drug-likeness (QED) is 0.174. The molecule has 0 saturated heterocycles. The Bertz CT molecular complexity index is 3870. The highest BCUT2D eigenvalue weighted by atomic mass is 32.1. The van der Waals surface area contributed by atoms with E-state index in [9.17, 15) is 0 Å². The number of fused-ring (bicyclic) bond motifs is 12. The molecule has 0 aliphatic rings. The van der Waals surface area contributed by atoms with Crippen LogP contribution >= 0.6 is 11.3 Å². The third-order valence-corrected chi connectivity index (χ3v) is 13.2. The predicted molar refractivity (Wildman–Crippen MR) is 254 cm³/mol. The van der Waals surface area contributed by atoms with Crippen molar-refractivity contribution in [3.63, 3.8) is 0 Å². The normalized spacial score (nSPS) is 11.9. The van der Waals surface area contributed by atoms with Crippen LogP contribution in [0.3, 0.4) is 0 Å². The summed E-state index contributed by atoms with van der Waals surface area (Å²) in [5, 5.41) is 9.21. The fraction of sp³-hybridized carbons (Fsp3) is 0. The van der Waals surface area contributed by atoms with Crippen molar-refractivity contribution in [1.82, 2.24) is 19.5 Å². The van der Waals surface area contributed by atoms with Gasteiger partial charge in [0.25, 0.3) is 0 Å². The van der Waals surface area contributed by atoms with Gasteiger partial charge in [0.15, 0.2) is 17.5 Å². The molecule has 13 rings (SSSR count). The zero-order chi connectivity index (χ0) is 40.0. The van der Waals surface area contributed by atoms with Crippen molar-refractivity contribution in [2.24, 2.45) is 0 Å². The second-order valence-electron chi connectivity index (χ2n) is 15.5. The van der Waals surface area contributed by atoms with E-state index in [1.54, 1.807) is 0 Å². The minimum Gasteiger partial charge on any atom is -0.455 e. The average Bonchev–Trinajstić information content (AvgIpc) is 4.01. The van der Waals surface area contributed by atoms with Crippen LogP contribution in [0.1, 0.15) is 0 Å². The van der Waals surface area contributed by atoms with Crippen LogP contribution in [0, 0.1) is 0 Å². The molecule has 0 spiro atoms. The molecule has 6 heteroatoms. The molecule has 4 heterocycles. The van der Waals surface area contributed by atoms with Crippen LogP contribution in [0.15, 0.2) is 199 Å². The number of aromatic nitrogens is 4. The molecule has 0 aliphatic heterocycles. The number of hydrogen-bond acceptors (Lipinski definition) is 5. The van der Waals surface area contributed by atoms with Gasteiger partial charge in [0.1, 0.15) is 11.2 Å². The van der Waals surface area contributed by atoms with Crippen molar-refractivity contribution < 1.29 is 4.42 Å². The fourth-order valence-corrected chi connectivity index (χ4v) is 10.4. The van der Waals surface area contributed by atoms with Crippen LogP contribution in [0.2, 0.25) is 0 Å². The van der Waals surface area contributed by atoms with Gasteiger partial charge < -0.3 is 8.98 Å². The van der Waals surface area contributed by atoms with Gasteiger partial charge in [-0.15, -0.1) is 11.3 Å². The molecule has 0 N–H and O–H groups in total. The summed E-state index contributed by atoms with van der Waals surface area (Å²) in [7, 11) is 0. The molecule has 0 fully saturated rings.